The zero-order chi connectivity index (χ0) is 17.0. The molecule has 1 aliphatic rings. The Morgan fingerprint density at radius 3 is 2.61 bits per heavy atom. The molecule has 0 spiro atoms. The Hall–Kier alpha value is -1.12. The first-order chi connectivity index (χ1) is 10.9. The number of benzene rings is 1. The van der Waals surface area contributed by atoms with Crippen molar-refractivity contribution in [1.29, 1.82) is 0 Å². The van der Waals surface area contributed by atoms with E-state index in [-0.39, 0.29) is 29.8 Å². The van der Waals surface area contributed by atoms with Crippen LogP contribution in [0.2, 0.25) is 0 Å². The molecule has 0 aromatic heterocycles. The number of ether oxygens (including phenoxy) is 1. The van der Waals surface area contributed by atoms with Crippen molar-refractivity contribution in [3.8, 4) is 5.75 Å². The largest absolute Gasteiger partial charge is 0.492 e. The number of amides is 1. The van der Waals surface area contributed by atoms with Crippen molar-refractivity contribution in [2.75, 3.05) is 19.7 Å². The highest BCUT2D eigenvalue weighted by molar-refractivity contribution is 9.10. The van der Waals surface area contributed by atoms with Gasteiger partial charge in [-0.25, -0.2) is 8.42 Å². The summed E-state index contributed by atoms with van der Waals surface area (Å²) < 4.78 is 33.5. The van der Waals surface area contributed by atoms with Gasteiger partial charge >= 0.3 is 0 Å². The van der Waals surface area contributed by atoms with Gasteiger partial charge in [0.25, 0.3) is 0 Å². The highest BCUT2D eigenvalue weighted by atomic mass is 79.9. The van der Waals surface area contributed by atoms with Crippen LogP contribution in [0.1, 0.15) is 26.2 Å². The standard InChI is InChI=1S/C15H21BrN2O4S/c1-2-9-22-13-4-3-12(16)10-14(13)23(20,21)18-7-5-11(6-8-18)15(17)19/h3-4,10-11H,2,5-9H2,1H3,(H2,17,19). The summed E-state index contributed by atoms with van der Waals surface area (Å²) in [5.74, 6) is -0.261. The zero-order valence-electron chi connectivity index (χ0n) is 13.0. The maximum absolute atomic E-state index is 12.9. The van der Waals surface area contributed by atoms with Crippen LogP contribution in [0.4, 0.5) is 0 Å². The fourth-order valence-electron chi connectivity index (χ4n) is 2.53. The predicted octanol–water partition coefficient (Wildman–Crippen LogP) is 2.12. The quantitative estimate of drug-likeness (QED) is 0.785. The first-order valence-corrected chi connectivity index (χ1v) is 9.81. The number of carbonyl (C=O) groups excluding carboxylic acids is 1. The zero-order valence-corrected chi connectivity index (χ0v) is 15.4. The van der Waals surface area contributed by atoms with Crippen molar-refractivity contribution in [2.45, 2.75) is 31.1 Å². The molecule has 1 heterocycles. The highest BCUT2D eigenvalue weighted by Gasteiger charge is 2.33. The van der Waals surface area contributed by atoms with E-state index in [9.17, 15) is 13.2 Å². The summed E-state index contributed by atoms with van der Waals surface area (Å²) in [5.41, 5.74) is 5.30. The van der Waals surface area contributed by atoms with Crippen molar-refractivity contribution in [3.63, 3.8) is 0 Å². The fourth-order valence-corrected chi connectivity index (χ4v) is 4.67. The molecule has 1 aliphatic heterocycles. The summed E-state index contributed by atoms with van der Waals surface area (Å²) in [6, 6.07) is 4.96. The molecule has 1 aromatic carbocycles. The molecule has 1 aromatic rings. The first-order valence-electron chi connectivity index (χ1n) is 7.58. The molecule has 1 fully saturated rings. The van der Waals surface area contributed by atoms with Gasteiger partial charge in [-0.05, 0) is 37.5 Å². The van der Waals surface area contributed by atoms with Crippen molar-refractivity contribution in [1.82, 2.24) is 4.31 Å². The second-order valence-electron chi connectivity index (χ2n) is 5.52. The number of primary amides is 1. The summed E-state index contributed by atoms with van der Waals surface area (Å²) >= 11 is 3.31. The van der Waals surface area contributed by atoms with E-state index in [0.717, 1.165) is 6.42 Å². The molecule has 6 nitrogen and oxygen atoms in total. The van der Waals surface area contributed by atoms with Crippen molar-refractivity contribution >= 4 is 31.9 Å². The molecule has 0 unspecified atom stereocenters. The van der Waals surface area contributed by atoms with Crippen LogP contribution in [-0.2, 0) is 14.8 Å². The van der Waals surface area contributed by atoms with Gasteiger partial charge in [0.1, 0.15) is 10.6 Å². The van der Waals surface area contributed by atoms with Gasteiger partial charge in [0.05, 0.1) is 6.61 Å². The Morgan fingerprint density at radius 2 is 2.04 bits per heavy atom. The number of halogens is 1. The number of nitrogens with two attached hydrogens (primary N) is 1. The summed E-state index contributed by atoms with van der Waals surface area (Å²) in [6.07, 6.45) is 1.70. The topological polar surface area (TPSA) is 89.7 Å². The SMILES string of the molecule is CCCOc1ccc(Br)cc1S(=O)(=O)N1CCC(C(N)=O)CC1. The van der Waals surface area contributed by atoms with Gasteiger partial charge < -0.3 is 10.5 Å². The molecule has 23 heavy (non-hydrogen) atoms. The summed E-state index contributed by atoms with van der Waals surface area (Å²) in [7, 11) is -3.67. The van der Waals surface area contributed by atoms with E-state index in [0.29, 0.717) is 29.7 Å². The molecule has 0 bridgehead atoms. The van der Waals surface area contributed by atoms with E-state index in [1.54, 1.807) is 18.2 Å². The van der Waals surface area contributed by atoms with Gasteiger partial charge in [0.2, 0.25) is 15.9 Å². The number of rotatable bonds is 6. The monoisotopic (exact) mass is 404 g/mol. The molecule has 2 N–H and O–H groups in total. The van der Waals surface area contributed by atoms with Crippen LogP contribution in [0.15, 0.2) is 27.6 Å². The van der Waals surface area contributed by atoms with E-state index in [1.807, 2.05) is 6.92 Å². The van der Waals surface area contributed by atoms with Crippen LogP contribution < -0.4 is 10.5 Å². The normalized spacial score (nSPS) is 17.1. The van der Waals surface area contributed by atoms with Crippen molar-refractivity contribution < 1.29 is 17.9 Å². The van der Waals surface area contributed by atoms with Crippen LogP contribution >= 0.6 is 15.9 Å². The van der Waals surface area contributed by atoms with Gasteiger partial charge in [-0.2, -0.15) is 4.31 Å². The molecule has 2 rings (SSSR count). The molecule has 128 valence electrons. The molecular weight excluding hydrogens is 384 g/mol. The number of nitrogens with zero attached hydrogens (tertiary/aromatic N) is 1. The fraction of sp³-hybridized carbons (Fsp3) is 0.533. The van der Waals surface area contributed by atoms with Crippen molar-refractivity contribution in [3.05, 3.63) is 22.7 Å². The van der Waals surface area contributed by atoms with Crippen LogP contribution in [0.25, 0.3) is 0 Å². The van der Waals surface area contributed by atoms with Gasteiger partial charge in [0.15, 0.2) is 0 Å². The third-order valence-corrected chi connectivity index (χ3v) is 6.25. The minimum absolute atomic E-state index is 0.151. The second kappa shape index (κ2) is 7.63. The third kappa shape index (κ3) is 4.24. The lowest BCUT2D eigenvalue weighted by Gasteiger charge is -2.30. The average Bonchev–Trinajstić information content (AvgIpc) is 2.53. The highest BCUT2D eigenvalue weighted by Crippen LogP contribution is 2.32. The Labute approximate surface area is 145 Å². The maximum Gasteiger partial charge on any atom is 0.246 e. The lowest BCUT2D eigenvalue weighted by atomic mass is 9.98. The number of hydrogen-bond acceptors (Lipinski definition) is 4. The first kappa shape index (κ1) is 18.2. The molecule has 1 saturated heterocycles. The summed E-state index contributed by atoms with van der Waals surface area (Å²) in [4.78, 5) is 11.4. The second-order valence-corrected chi connectivity index (χ2v) is 8.34. The smallest absolute Gasteiger partial charge is 0.246 e. The molecule has 0 radical (unpaired) electrons. The average molecular weight is 405 g/mol. The lowest BCUT2D eigenvalue weighted by molar-refractivity contribution is -0.122. The number of sulfonamides is 1. The Morgan fingerprint density at radius 1 is 1.39 bits per heavy atom. The number of piperidine rings is 1. The Bertz CT molecular complexity index is 670. The van der Waals surface area contributed by atoms with Crippen LogP contribution in [0, 0.1) is 5.92 Å². The molecule has 8 heteroatoms. The maximum atomic E-state index is 12.9. The van der Waals surface area contributed by atoms with Gasteiger partial charge in [-0.1, -0.05) is 22.9 Å². The minimum atomic E-state index is -3.67. The van der Waals surface area contributed by atoms with E-state index < -0.39 is 10.0 Å². The van der Waals surface area contributed by atoms with E-state index in [1.165, 1.54) is 4.31 Å². The molecule has 0 aliphatic carbocycles. The summed E-state index contributed by atoms with van der Waals surface area (Å²) in [5, 5.41) is 0. The molecule has 0 atom stereocenters. The molecule has 1 amide bonds. The van der Waals surface area contributed by atoms with Crippen molar-refractivity contribution in [2.24, 2.45) is 11.7 Å². The van der Waals surface area contributed by atoms with Gasteiger partial charge in [-0.15, -0.1) is 0 Å². The Balaban J connectivity index is 2.26. The third-order valence-electron chi connectivity index (χ3n) is 3.84. The Kier molecular flexibility index (Phi) is 6.05. The van der Waals surface area contributed by atoms with E-state index >= 15 is 0 Å². The van der Waals surface area contributed by atoms with Crippen LogP contribution in [-0.4, -0.2) is 38.3 Å². The minimum Gasteiger partial charge on any atom is -0.492 e. The predicted molar refractivity (Wildman–Crippen MR) is 90.6 cm³/mol. The van der Waals surface area contributed by atoms with Gasteiger partial charge in [-0.3, -0.25) is 4.79 Å². The lowest BCUT2D eigenvalue weighted by Crippen LogP contribution is -2.41. The van der Waals surface area contributed by atoms with E-state index in [2.05, 4.69) is 15.9 Å². The summed E-state index contributed by atoms with van der Waals surface area (Å²) in [6.45, 7) is 2.99. The number of carbonyl (C=O) groups is 1. The van der Waals surface area contributed by atoms with E-state index in [4.69, 9.17) is 10.5 Å². The van der Waals surface area contributed by atoms with Crippen LogP contribution in [0.3, 0.4) is 0 Å². The number of hydrogen-bond donors (Lipinski definition) is 1. The van der Waals surface area contributed by atoms with Gasteiger partial charge in [0, 0.05) is 23.5 Å². The molecule has 0 saturated carbocycles. The molecular formula is C15H21BrN2O4S. The van der Waals surface area contributed by atoms with Crippen LogP contribution in [0.5, 0.6) is 5.75 Å².